The van der Waals surface area contributed by atoms with E-state index in [0.717, 1.165) is 16.7 Å². The van der Waals surface area contributed by atoms with Crippen LogP contribution in [0.2, 0.25) is 0 Å². The molecule has 1 aliphatic rings. The van der Waals surface area contributed by atoms with Crippen LogP contribution in [0.5, 0.6) is 11.5 Å². The molecule has 1 aliphatic carbocycles. The Bertz CT molecular complexity index is 1690. The molecule has 0 radical (unpaired) electrons. The number of hydrogen-bond acceptors (Lipinski definition) is 6. The Morgan fingerprint density at radius 3 is 2.02 bits per heavy atom. The molecule has 0 amide bonds. The summed E-state index contributed by atoms with van der Waals surface area (Å²) in [6.07, 6.45) is 2.48. The summed E-state index contributed by atoms with van der Waals surface area (Å²) < 4.78 is 19.4. The van der Waals surface area contributed by atoms with Crippen molar-refractivity contribution in [1.82, 2.24) is 9.55 Å². The maximum absolute atomic E-state index is 12.7. The zero-order valence-corrected chi connectivity index (χ0v) is 23.9. The number of ether oxygens (including phenoxy) is 3. The molecule has 1 heterocycles. The van der Waals surface area contributed by atoms with Crippen molar-refractivity contribution in [1.29, 1.82) is 5.26 Å². The van der Waals surface area contributed by atoms with E-state index in [1.54, 1.807) is 21.1 Å². The Morgan fingerprint density at radius 2 is 1.50 bits per heavy atom. The van der Waals surface area contributed by atoms with E-state index in [1.165, 1.54) is 10.8 Å². The van der Waals surface area contributed by atoms with Crippen LogP contribution in [0.15, 0.2) is 107 Å². The SMILES string of the molecule is C=C1C(n2cc(C)c(=O)[nH]c2=O)CCC1(C#N)COC(c1ccccc1)(c1ccc(OC)cc1)c1ccc(OC)cc1. The van der Waals surface area contributed by atoms with E-state index in [9.17, 15) is 14.9 Å². The normalized spacial score (nSPS) is 18.4. The fraction of sp³-hybridized carbons (Fsp3) is 0.265. The predicted octanol–water partition coefficient (Wildman–Crippen LogP) is 5.27. The summed E-state index contributed by atoms with van der Waals surface area (Å²) in [6.45, 7) is 5.97. The van der Waals surface area contributed by atoms with E-state index in [2.05, 4.69) is 17.6 Å². The standard InChI is InChI=1S/C34H33N3O5/c1-23-20-37(32(39)36-31(23)38)30-18-19-33(21-35,24(30)2)22-42-34(25-8-6-5-7-9-25,26-10-14-28(40-3)15-11-26)27-12-16-29(41-4)17-13-27/h5-17,20,30H,2,18-19,22H2,1,3-4H3,(H,36,38,39). The average Bonchev–Trinajstić information content (AvgIpc) is 3.36. The third kappa shape index (κ3) is 4.93. The first kappa shape index (κ1) is 28.7. The maximum Gasteiger partial charge on any atom is 0.328 e. The highest BCUT2D eigenvalue weighted by Crippen LogP contribution is 2.50. The van der Waals surface area contributed by atoms with Crippen molar-refractivity contribution in [2.24, 2.45) is 5.41 Å². The van der Waals surface area contributed by atoms with Gasteiger partial charge < -0.3 is 14.2 Å². The number of hydrogen-bond donors (Lipinski definition) is 1. The van der Waals surface area contributed by atoms with Crippen LogP contribution >= 0.6 is 0 Å². The lowest BCUT2D eigenvalue weighted by Gasteiger charge is -2.38. The first-order valence-corrected chi connectivity index (χ1v) is 13.7. The molecule has 1 fully saturated rings. The van der Waals surface area contributed by atoms with Gasteiger partial charge in [0.15, 0.2) is 0 Å². The van der Waals surface area contributed by atoms with Crippen LogP contribution in [-0.2, 0) is 10.3 Å². The van der Waals surface area contributed by atoms with E-state index in [1.807, 2.05) is 78.9 Å². The van der Waals surface area contributed by atoms with E-state index >= 15 is 0 Å². The van der Waals surface area contributed by atoms with Crippen LogP contribution in [0.3, 0.4) is 0 Å². The molecule has 1 aromatic heterocycles. The Labute approximate surface area is 244 Å². The summed E-state index contributed by atoms with van der Waals surface area (Å²) in [7, 11) is 3.24. The summed E-state index contributed by atoms with van der Waals surface area (Å²) in [5, 5.41) is 10.6. The smallest absolute Gasteiger partial charge is 0.328 e. The molecule has 1 N–H and O–H groups in total. The number of nitrogens with zero attached hydrogens (tertiary/aromatic N) is 2. The fourth-order valence-electron chi connectivity index (χ4n) is 5.79. The van der Waals surface area contributed by atoms with Crippen LogP contribution in [0, 0.1) is 23.7 Å². The maximum atomic E-state index is 12.7. The lowest BCUT2D eigenvalue weighted by Crippen LogP contribution is -2.38. The van der Waals surface area contributed by atoms with Crippen molar-refractivity contribution in [2.75, 3.05) is 20.8 Å². The van der Waals surface area contributed by atoms with Gasteiger partial charge in [-0.3, -0.25) is 14.3 Å². The largest absolute Gasteiger partial charge is 0.497 e. The third-order valence-corrected chi connectivity index (χ3v) is 8.27. The number of aromatic nitrogens is 2. The average molecular weight is 564 g/mol. The first-order valence-electron chi connectivity index (χ1n) is 13.7. The minimum absolute atomic E-state index is 0.0167. The van der Waals surface area contributed by atoms with Crippen LogP contribution < -0.4 is 20.7 Å². The Morgan fingerprint density at radius 1 is 0.952 bits per heavy atom. The molecule has 5 rings (SSSR count). The molecule has 3 aromatic carbocycles. The summed E-state index contributed by atoms with van der Waals surface area (Å²) in [6, 6.07) is 27.3. The Hall–Kier alpha value is -4.87. The number of methoxy groups -OCH3 is 2. The van der Waals surface area contributed by atoms with Crippen molar-refractivity contribution in [3.63, 3.8) is 0 Å². The fourth-order valence-corrected chi connectivity index (χ4v) is 5.79. The topological polar surface area (TPSA) is 106 Å². The van der Waals surface area contributed by atoms with E-state index in [0.29, 0.717) is 35.5 Å². The molecule has 8 nitrogen and oxygen atoms in total. The van der Waals surface area contributed by atoms with Gasteiger partial charge in [0.25, 0.3) is 5.56 Å². The van der Waals surface area contributed by atoms with E-state index in [4.69, 9.17) is 14.2 Å². The van der Waals surface area contributed by atoms with E-state index in [-0.39, 0.29) is 6.61 Å². The van der Waals surface area contributed by atoms with Gasteiger partial charge in [-0.1, -0.05) is 61.2 Å². The summed E-state index contributed by atoms with van der Waals surface area (Å²) in [5.41, 5.74) is 0.422. The molecule has 2 unspecified atom stereocenters. The lowest BCUT2D eigenvalue weighted by atomic mass is 9.79. The molecule has 214 valence electrons. The molecule has 0 aliphatic heterocycles. The van der Waals surface area contributed by atoms with Gasteiger partial charge in [-0.2, -0.15) is 5.26 Å². The summed E-state index contributed by atoms with van der Waals surface area (Å²) >= 11 is 0. The lowest BCUT2D eigenvalue weighted by molar-refractivity contribution is -0.0155. The van der Waals surface area contributed by atoms with Gasteiger partial charge in [-0.15, -0.1) is 0 Å². The number of H-pyrrole nitrogens is 1. The second-order valence-electron chi connectivity index (χ2n) is 10.5. The third-order valence-electron chi connectivity index (χ3n) is 8.27. The van der Waals surface area contributed by atoms with Crippen LogP contribution in [0.25, 0.3) is 0 Å². The first-order chi connectivity index (χ1) is 20.3. The number of nitriles is 1. The summed E-state index contributed by atoms with van der Waals surface area (Å²) in [5.74, 6) is 1.41. The highest BCUT2D eigenvalue weighted by atomic mass is 16.5. The quantitative estimate of drug-likeness (QED) is 0.220. The van der Waals surface area contributed by atoms with Crippen molar-refractivity contribution in [3.05, 3.63) is 140 Å². The van der Waals surface area contributed by atoms with Crippen molar-refractivity contribution < 1.29 is 14.2 Å². The van der Waals surface area contributed by atoms with Gasteiger partial charge >= 0.3 is 5.69 Å². The molecule has 4 aromatic rings. The molecule has 0 saturated heterocycles. The number of aromatic amines is 1. The van der Waals surface area contributed by atoms with Crippen LogP contribution in [-0.4, -0.2) is 30.4 Å². The Balaban J connectivity index is 1.62. The van der Waals surface area contributed by atoms with Crippen molar-refractivity contribution >= 4 is 0 Å². The number of rotatable bonds is 9. The van der Waals surface area contributed by atoms with Crippen LogP contribution in [0.1, 0.15) is 41.1 Å². The van der Waals surface area contributed by atoms with Gasteiger partial charge in [0, 0.05) is 11.8 Å². The Kier molecular flexibility index (Phi) is 7.88. The van der Waals surface area contributed by atoms with E-state index < -0.39 is 28.3 Å². The van der Waals surface area contributed by atoms with Gasteiger partial charge in [-0.05, 0) is 66.3 Å². The van der Waals surface area contributed by atoms with Crippen LogP contribution in [0.4, 0.5) is 0 Å². The molecular weight excluding hydrogens is 530 g/mol. The van der Waals surface area contributed by atoms with Gasteiger partial charge in [0.05, 0.1) is 32.9 Å². The minimum Gasteiger partial charge on any atom is -0.497 e. The second kappa shape index (κ2) is 11.6. The minimum atomic E-state index is -1.10. The van der Waals surface area contributed by atoms with Gasteiger partial charge in [-0.25, -0.2) is 4.79 Å². The zero-order chi connectivity index (χ0) is 29.9. The highest BCUT2D eigenvalue weighted by Gasteiger charge is 2.48. The monoisotopic (exact) mass is 563 g/mol. The van der Waals surface area contributed by atoms with Gasteiger partial charge in [0.1, 0.15) is 22.5 Å². The molecule has 2 atom stereocenters. The predicted molar refractivity (Wildman–Crippen MR) is 160 cm³/mol. The zero-order valence-electron chi connectivity index (χ0n) is 23.9. The molecule has 1 saturated carbocycles. The molecule has 0 bridgehead atoms. The van der Waals surface area contributed by atoms with Crippen molar-refractivity contribution in [2.45, 2.75) is 31.4 Å². The number of nitrogens with one attached hydrogen (secondary N) is 1. The molecule has 0 spiro atoms. The molecular formula is C34H33N3O5. The molecule has 8 heteroatoms. The molecule has 42 heavy (non-hydrogen) atoms. The van der Waals surface area contributed by atoms with Gasteiger partial charge in [0.2, 0.25) is 0 Å². The highest BCUT2D eigenvalue weighted by molar-refractivity contribution is 5.50. The number of aryl methyl sites for hydroxylation is 1. The summed E-state index contributed by atoms with van der Waals surface area (Å²) in [4.78, 5) is 27.1. The number of benzene rings is 3. The van der Waals surface area contributed by atoms with Crippen molar-refractivity contribution in [3.8, 4) is 17.6 Å². The second-order valence-corrected chi connectivity index (χ2v) is 10.5.